The second kappa shape index (κ2) is 7.91. The van der Waals surface area contributed by atoms with Crippen molar-refractivity contribution in [1.29, 1.82) is 0 Å². The van der Waals surface area contributed by atoms with Crippen LogP contribution in [0.3, 0.4) is 0 Å². The van der Waals surface area contributed by atoms with Gasteiger partial charge in [0.05, 0.1) is 0 Å². The van der Waals surface area contributed by atoms with Crippen LogP contribution in [0.5, 0.6) is 0 Å². The van der Waals surface area contributed by atoms with Gasteiger partial charge in [0.2, 0.25) is 0 Å². The lowest BCUT2D eigenvalue weighted by atomic mass is 10.1. The first-order chi connectivity index (χ1) is 13.2. The highest BCUT2D eigenvalue weighted by molar-refractivity contribution is 6.31. The second-order valence-electron chi connectivity index (χ2n) is 6.50. The summed E-state index contributed by atoms with van der Waals surface area (Å²) in [6, 6.07) is 16.8. The van der Waals surface area contributed by atoms with Gasteiger partial charge >= 0.3 is 0 Å². The van der Waals surface area contributed by atoms with Crippen LogP contribution in [0.15, 0.2) is 73.2 Å². The Balaban J connectivity index is 1.57. The lowest BCUT2D eigenvalue weighted by molar-refractivity contribution is 0.626. The summed E-state index contributed by atoms with van der Waals surface area (Å²) in [5.41, 5.74) is 4.40. The zero-order valence-electron chi connectivity index (χ0n) is 14.7. The maximum Gasteiger partial charge on any atom is 0.124 e. The van der Waals surface area contributed by atoms with Crippen molar-refractivity contribution in [2.24, 2.45) is 0 Å². The van der Waals surface area contributed by atoms with Crippen LogP contribution in [0.2, 0.25) is 5.02 Å². The van der Waals surface area contributed by atoms with E-state index in [1.165, 1.54) is 23.1 Å². The molecule has 0 fully saturated rings. The highest BCUT2D eigenvalue weighted by Crippen LogP contribution is 2.25. The lowest BCUT2D eigenvalue weighted by Gasteiger charge is -2.07. The van der Waals surface area contributed by atoms with E-state index in [1.54, 1.807) is 12.3 Å². The Morgan fingerprint density at radius 2 is 1.89 bits per heavy atom. The van der Waals surface area contributed by atoms with Gasteiger partial charge in [0, 0.05) is 54.2 Å². The second-order valence-corrected chi connectivity index (χ2v) is 6.91. The summed E-state index contributed by atoms with van der Waals surface area (Å²) in [6.45, 7) is 2.11. The summed E-state index contributed by atoms with van der Waals surface area (Å²) in [5.74, 6) is -0.318. The highest BCUT2D eigenvalue weighted by atomic mass is 35.5. The van der Waals surface area contributed by atoms with E-state index in [1.807, 2.05) is 24.4 Å². The Hall–Kier alpha value is -2.69. The van der Waals surface area contributed by atoms with Gasteiger partial charge in [-0.2, -0.15) is 0 Å². The van der Waals surface area contributed by atoms with Crippen LogP contribution in [-0.2, 0) is 19.6 Å². The first kappa shape index (κ1) is 17.7. The molecule has 0 saturated heterocycles. The zero-order valence-corrected chi connectivity index (χ0v) is 15.5. The molecule has 0 bridgehead atoms. The average Bonchev–Trinajstić information content (AvgIpc) is 3.03. The average molecular weight is 380 g/mol. The van der Waals surface area contributed by atoms with Crippen molar-refractivity contribution in [3.05, 3.63) is 101 Å². The molecule has 1 N–H and O–H groups in total. The lowest BCUT2D eigenvalue weighted by Crippen LogP contribution is -2.12. The molecule has 0 radical (unpaired) electrons. The molecule has 2 heterocycles. The summed E-state index contributed by atoms with van der Waals surface area (Å²) in [5, 5.41) is 5.13. The fourth-order valence-electron chi connectivity index (χ4n) is 3.27. The van der Waals surface area contributed by atoms with Crippen molar-refractivity contribution in [2.45, 2.75) is 19.6 Å². The van der Waals surface area contributed by atoms with Crippen LogP contribution in [0.4, 0.5) is 4.39 Å². The minimum atomic E-state index is -0.318. The van der Waals surface area contributed by atoms with Crippen molar-refractivity contribution < 1.29 is 4.39 Å². The van der Waals surface area contributed by atoms with Crippen LogP contribution in [-0.4, -0.2) is 9.55 Å². The maximum atomic E-state index is 13.3. The molecule has 0 aliphatic carbocycles. The summed E-state index contributed by atoms with van der Waals surface area (Å²) >= 11 is 6.22. The number of nitrogens with zero attached hydrogens (tertiary/aromatic N) is 2. The minimum Gasteiger partial charge on any atom is -0.343 e. The van der Waals surface area contributed by atoms with Crippen LogP contribution >= 0.6 is 11.6 Å². The molecule has 5 heteroatoms. The SMILES string of the molecule is Fc1ccc(Cn2cc(CNCc3cccnc3)c3ccccc32)c(Cl)c1. The van der Waals surface area contributed by atoms with Crippen LogP contribution in [0, 0.1) is 5.82 Å². The molecular weight excluding hydrogens is 361 g/mol. The molecule has 4 aromatic rings. The van der Waals surface area contributed by atoms with Crippen molar-refractivity contribution in [3.8, 4) is 0 Å². The summed E-state index contributed by atoms with van der Waals surface area (Å²) in [4.78, 5) is 4.14. The summed E-state index contributed by atoms with van der Waals surface area (Å²) in [6.07, 6.45) is 5.78. The van der Waals surface area contributed by atoms with E-state index < -0.39 is 0 Å². The number of nitrogens with one attached hydrogen (secondary N) is 1. The number of benzene rings is 2. The Kier molecular flexibility index (Phi) is 5.19. The number of fused-ring (bicyclic) bond motifs is 1. The first-order valence-corrected chi connectivity index (χ1v) is 9.19. The van der Waals surface area contributed by atoms with Crippen molar-refractivity contribution in [1.82, 2.24) is 14.9 Å². The molecule has 3 nitrogen and oxygen atoms in total. The maximum absolute atomic E-state index is 13.3. The third-order valence-electron chi connectivity index (χ3n) is 4.59. The standard InChI is InChI=1S/C22H19ClFN3/c23-21-10-19(24)8-7-17(21)14-27-15-18(20-5-1-2-6-22(20)27)13-26-12-16-4-3-9-25-11-16/h1-11,15,26H,12-14H2. The van der Waals surface area contributed by atoms with E-state index in [0.29, 0.717) is 11.6 Å². The number of aromatic nitrogens is 2. The molecule has 0 aliphatic rings. The molecule has 0 spiro atoms. The van der Waals surface area contributed by atoms with Gasteiger partial charge in [0.1, 0.15) is 5.82 Å². The van der Waals surface area contributed by atoms with E-state index in [9.17, 15) is 4.39 Å². The van der Waals surface area contributed by atoms with E-state index in [4.69, 9.17) is 11.6 Å². The molecule has 0 aliphatic heterocycles. The first-order valence-electron chi connectivity index (χ1n) is 8.81. The molecule has 0 amide bonds. The number of para-hydroxylation sites is 1. The Morgan fingerprint density at radius 1 is 1.00 bits per heavy atom. The van der Waals surface area contributed by atoms with Gasteiger partial charge in [-0.25, -0.2) is 4.39 Å². The predicted molar refractivity (Wildman–Crippen MR) is 107 cm³/mol. The largest absolute Gasteiger partial charge is 0.343 e. The van der Waals surface area contributed by atoms with Crippen molar-refractivity contribution >= 4 is 22.5 Å². The minimum absolute atomic E-state index is 0.318. The van der Waals surface area contributed by atoms with Gasteiger partial charge in [-0.15, -0.1) is 0 Å². The number of rotatable bonds is 6. The van der Waals surface area contributed by atoms with E-state index in [-0.39, 0.29) is 5.82 Å². The Labute approximate surface area is 162 Å². The summed E-state index contributed by atoms with van der Waals surface area (Å²) in [7, 11) is 0. The van der Waals surface area contributed by atoms with Gasteiger partial charge in [-0.1, -0.05) is 41.9 Å². The van der Waals surface area contributed by atoms with E-state index in [0.717, 1.165) is 29.7 Å². The van der Waals surface area contributed by atoms with Gasteiger partial charge in [-0.05, 0) is 41.0 Å². The molecule has 2 aromatic heterocycles. The molecule has 2 aromatic carbocycles. The van der Waals surface area contributed by atoms with Crippen molar-refractivity contribution in [3.63, 3.8) is 0 Å². The fraction of sp³-hybridized carbons (Fsp3) is 0.136. The number of hydrogen-bond donors (Lipinski definition) is 1. The monoisotopic (exact) mass is 379 g/mol. The van der Waals surface area contributed by atoms with Crippen LogP contribution < -0.4 is 5.32 Å². The number of hydrogen-bond acceptors (Lipinski definition) is 2. The summed E-state index contributed by atoms with van der Waals surface area (Å²) < 4.78 is 15.5. The number of halogens is 2. The molecule has 0 saturated carbocycles. The molecule has 0 atom stereocenters. The van der Waals surface area contributed by atoms with Crippen LogP contribution in [0.1, 0.15) is 16.7 Å². The zero-order chi connectivity index (χ0) is 18.6. The van der Waals surface area contributed by atoms with E-state index >= 15 is 0 Å². The third kappa shape index (κ3) is 4.02. The predicted octanol–water partition coefficient (Wildman–Crippen LogP) is 5.17. The smallest absolute Gasteiger partial charge is 0.124 e. The van der Waals surface area contributed by atoms with Gasteiger partial charge in [0.15, 0.2) is 0 Å². The Morgan fingerprint density at radius 3 is 2.70 bits per heavy atom. The number of pyridine rings is 1. The molecule has 136 valence electrons. The highest BCUT2D eigenvalue weighted by Gasteiger charge is 2.10. The molecule has 27 heavy (non-hydrogen) atoms. The van der Waals surface area contributed by atoms with Gasteiger partial charge in [0.25, 0.3) is 0 Å². The topological polar surface area (TPSA) is 29.9 Å². The molecular formula is C22H19ClFN3. The molecule has 4 rings (SSSR count). The van der Waals surface area contributed by atoms with Gasteiger partial charge in [-0.3, -0.25) is 4.98 Å². The fourth-order valence-corrected chi connectivity index (χ4v) is 3.50. The molecule has 0 unspecified atom stereocenters. The van der Waals surface area contributed by atoms with Crippen LogP contribution in [0.25, 0.3) is 10.9 Å². The van der Waals surface area contributed by atoms with E-state index in [2.05, 4.69) is 39.3 Å². The van der Waals surface area contributed by atoms with Gasteiger partial charge < -0.3 is 9.88 Å². The quantitative estimate of drug-likeness (QED) is 0.501. The third-order valence-corrected chi connectivity index (χ3v) is 4.95. The normalized spacial score (nSPS) is 11.2. The Bertz CT molecular complexity index is 1060. The van der Waals surface area contributed by atoms with Crippen molar-refractivity contribution in [2.75, 3.05) is 0 Å².